The first-order chi connectivity index (χ1) is 35.4. The van der Waals surface area contributed by atoms with E-state index >= 15 is 0 Å². The summed E-state index contributed by atoms with van der Waals surface area (Å²) < 4.78 is 6.52. The predicted octanol–water partition coefficient (Wildman–Crippen LogP) is 18.7. The summed E-state index contributed by atoms with van der Waals surface area (Å²) in [6, 6.07) is 96.0. The first-order valence-corrected chi connectivity index (χ1v) is 25.1. The van der Waals surface area contributed by atoms with Gasteiger partial charge in [0.1, 0.15) is 11.2 Å². The maximum atomic E-state index is 6.52. The van der Waals surface area contributed by atoms with Gasteiger partial charge in [-0.2, -0.15) is 0 Å². The van der Waals surface area contributed by atoms with Crippen LogP contribution < -0.4 is 4.90 Å². The van der Waals surface area contributed by atoms with Crippen LogP contribution in [-0.2, 0) is 10.8 Å². The van der Waals surface area contributed by atoms with Gasteiger partial charge in [-0.15, -0.1) is 0 Å². The van der Waals surface area contributed by atoms with E-state index in [1.165, 1.54) is 77.9 Å². The highest BCUT2D eigenvalue weighted by molar-refractivity contribution is 6.09. The summed E-state index contributed by atoms with van der Waals surface area (Å²) in [7, 11) is 0. The molecule has 1 atom stereocenters. The van der Waals surface area contributed by atoms with E-state index in [1.54, 1.807) is 0 Å². The van der Waals surface area contributed by atoms with Gasteiger partial charge < -0.3 is 9.32 Å². The lowest BCUT2D eigenvalue weighted by molar-refractivity contribution is 0.660. The van der Waals surface area contributed by atoms with E-state index in [0.29, 0.717) is 0 Å². The van der Waals surface area contributed by atoms with Gasteiger partial charge in [0.2, 0.25) is 0 Å². The van der Waals surface area contributed by atoms with E-state index in [-0.39, 0.29) is 5.41 Å². The monoisotopic (exact) mass is 919 g/mol. The minimum Gasteiger partial charge on any atom is -0.455 e. The molecule has 14 rings (SSSR count). The highest BCUT2D eigenvalue weighted by Crippen LogP contribution is 2.57. The molecule has 0 saturated carbocycles. The molecule has 0 bridgehead atoms. The first kappa shape index (κ1) is 41.9. The number of nitrogens with zero attached hydrogens (tertiary/aromatic N) is 1. The van der Waals surface area contributed by atoms with Crippen LogP contribution in [0.1, 0.15) is 47.2 Å². The van der Waals surface area contributed by atoms with Gasteiger partial charge in [-0.25, -0.2) is 0 Å². The topological polar surface area (TPSA) is 16.4 Å². The number of rotatable bonds is 8. The molecule has 1 unspecified atom stereocenters. The highest BCUT2D eigenvalue weighted by atomic mass is 16.3. The fourth-order valence-corrected chi connectivity index (χ4v) is 12.3. The van der Waals surface area contributed by atoms with Crippen molar-refractivity contribution in [2.24, 2.45) is 0 Å². The average Bonchev–Trinajstić information content (AvgIpc) is 4.06. The average molecular weight is 920 g/mol. The first-order valence-electron chi connectivity index (χ1n) is 25.1. The molecule has 0 saturated heterocycles. The predicted molar refractivity (Wildman–Crippen MR) is 300 cm³/mol. The Kier molecular flexibility index (Phi) is 9.50. The van der Waals surface area contributed by atoms with Gasteiger partial charge in [0, 0.05) is 38.8 Å². The molecule has 2 aliphatic carbocycles. The van der Waals surface area contributed by atoms with Gasteiger partial charge >= 0.3 is 0 Å². The van der Waals surface area contributed by atoms with Gasteiger partial charge in [-0.05, 0) is 132 Å². The molecule has 11 aromatic carbocycles. The molecule has 2 heteroatoms. The summed E-state index contributed by atoms with van der Waals surface area (Å²) in [6.07, 6.45) is 0. The van der Waals surface area contributed by atoms with Crippen LogP contribution in [0.3, 0.4) is 0 Å². The van der Waals surface area contributed by atoms with Crippen molar-refractivity contribution in [3.63, 3.8) is 0 Å². The van der Waals surface area contributed by atoms with Crippen molar-refractivity contribution >= 4 is 39.0 Å². The van der Waals surface area contributed by atoms with Crippen LogP contribution in [0.5, 0.6) is 0 Å². The molecule has 2 aliphatic rings. The molecule has 0 fully saturated rings. The second-order valence-corrected chi connectivity index (χ2v) is 20.0. The smallest absolute Gasteiger partial charge is 0.143 e. The van der Waals surface area contributed by atoms with Crippen LogP contribution in [0.2, 0.25) is 0 Å². The number of hydrogen-bond donors (Lipinski definition) is 0. The Morgan fingerprint density at radius 2 is 0.792 bits per heavy atom. The van der Waals surface area contributed by atoms with Crippen molar-refractivity contribution in [2.75, 3.05) is 4.90 Å². The molecule has 2 nitrogen and oxygen atoms in total. The SMILES string of the molecule is CC1(C)c2ccccc2-c2ccc(N(c3ccc(-c4ccccc4)cc3)c3ccc(-c4ccc5c(c4)C(c4ccccc4)(c4ccc(-c6cccc7c6oc6ccccc67)cc4)c4ccccc4-5)cc3)cc21. The second kappa shape index (κ2) is 16.3. The summed E-state index contributed by atoms with van der Waals surface area (Å²) >= 11 is 0. The van der Waals surface area contributed by atoms with Crippen molar-refractivity contribution in [2.45, 2.75) is 24.7 Å². The number of fused-ring (bicyclic) bond motifs is 9. The highest BCUT2D eigenvalue weighted by Gasteiger charge is 2.46. The van der Waals surface area contributed by atoms with Gasteiger partial charge in [-0.3, -0.25) is 0 Å². The van der Waals surface area contributed by atoms with E-state index in [9.17, 15) is 0 Å². The Morgan fingerprint density at radius 3 is 1.53 bits per heavy atom. The third-order valence-corrected chi connectivity index (χ3v) is 15.8. The molecular formula is C70H49NO. The number of para-hydroxylation sites is 2. The standard InChI is InChI=1S/C70H49NO/c1-69(2)63-25-12-9-20-57(63)59-43-41-55(45-65(59)69)71(53-37-30-47(31-38-53)46-16-5-3-6-17-46)54-39-32-48(33-40-54)50-34-42-60-58-21-10-13-26-64(58)70(66(60)44-50,51-18-7-4-8-19-51)52-35-28-49(29-36-52)56-23-15-24-62-61-22-11-14-27-67(61)72-68(56)62/h3-45H,1-2H3. The Morgan fingerprint density at radius 1 is 0.306 bits per heavy atom. The van der Waals surface area contributed by atoms with E-state index in [2.05, 4.69) is 274 Å². The van der Waals surface area contributed by atoms with E-state index in [1.807, 2.05) is 6.07 Å². The van der Waals surface area contributed by atoms with Gasteiger partial charge in [-0.1, -0.05) is 226 Å². The molecule has 0 aliphatic heterocycles. The van der Waals surface area contributed by atoms with Crippen LogP contribution in [-0.4, -0.2) is 0 Å². The van der Waals surface area contributed by atoms with E-state index < -0.39 is 5.41 Å². The van der Waals surface area contributed by atoms with Crippen molar-refractivity contribution in [1.29, 1.82) is 0 Å². The number of anilines is 3. The molecule has 1 heterocycles. The minimum atomic E-state index is -0.559. The third-order valence-electron chi connectivity index (χ3n) is 15.8. The van der Waals surface area contributed by atoms with Crippen molar-refractivity contribution in [3.8, 4) is 55.6 Å². The van der Waals surface area contributed by atoms with Crippen molar-refractivity contribution in [1.82, 2.24) is 0 Å². The molecule has 0 radical (unpaired) electrons. The third kappa shape index (κ3) is 6.35. The zero-order chi connectivity index (χ0) is 48.0. The van der Waals surface area contributed by atoms with Gasteiger partial charge in [0.15, 0.2) is 0 Å². The zero-order valence-electron chi connectivity index (χ0n) is 40.2. The molecule has 0 spiro atoms. The Bertz CT molecular complexity index is 4030. The van der Waals surface area contributed by atoms with Crippen LogP contribution in [0.15, 0.2) is 265 Å². The molecule has 0 N–H and O–H groups in total. The van der Waals surface area contributed by atoms with Crippen LogP contribution in [0, 0.1) is 0 Å². The lowest BCUT2D eigenvalue weighted by Gasteiger charge is -2.34. The quantitative estimate of drug-likeness (QED) is 0.151. The van der Waals surface area contributed by atoms with E-state index in [4.69, 9.17) is 4.42 Å². The Balaban J connectivity index is 0.881. The van der Waals surface area contributed by atoms with Crippen LogP contribution >= 0.6 is 0 Å². The molecule has 72 heavy (non-hydrogen) atoms. The maximum absolute atomic E-state index is 6.52. The minimum absolute atomic E-state index is 0.122. The fraction of sp³-hybridized carbons (Fsp3) is 0.0571. The summed E-state index contributed by atoms with van der Waals surface area (Å²) in [5, 5.41) is 2.27. The maximum Gasteiger partial charge on any atom is 0.143 e. The number of furan rings is 1. The van der Waals surface area contributed by atoms with Crippen LogP contribution in [0.25, 0.3) is 77.6 Å². The largest absolute Gasteiger partial charge is 0.455 e. The number of hydrogen-bond acceptors (Lipinski definition) is 2. The molecule has 0 amide bonds. The molecular weight excluding hydrogens is 871 g/mol. The lowest BCUT2D eigenvalue weighted by atomic mass is 9.67. The van der Waals surface area contributed by atoms with Gasteiger partial charge in [0.25, 0.3) is 0 Å². The fourth-order valence-electron chi connectivity index (χ4n) is 12.3. The van der Waals surface area contributed by atoms with Crippen molar-refractivity contribution in [3.05, 3.63) is 294 Å². The molecule has 12 aromatic rings. The normalized spacial score (nSPS) is 15.0. The lowest BCUT2D eigenvalue weighted by Crippen LogP contribution is -2.28. The molecule has 340 valence electrons. The summed E-state index contributed by atoms with van der Waals surface area (Å²) in [5.41, 5.74) is 24.4. The Labute approximate surface area is 420 Å². The second-order valence-electron chi connectivity index (χ2n) is 20.0. The summed E-state index contributed by atoms with van der Waals surface area (Å²) in [4.78, 5) is 2.41. The summed E-state index contributed by atoms with van der Waals surface area (Å²) in [6.45, 7) is 4.71. The van der Waals surface area contributed by atoms with E-state index in [0.717, 1.165) is 50.1 Å². The molecule has 1 aromatic heterocycles. The van der Waals surface area contributed by atoms with Gasteiger partial charge in [0.05, 0.1) is 5.41 Å². The van der Waals surface area contributed by atoms with Crippen molar-refractivity contribution < 1.29 is 4.42 Å². The zero-order valence-corrected chi connectivity index (χ0v) is 40.2. The number of benzene rings is 11. The van der Waals surface area contributed by atoms with Crippen LogP contribution in [0.4, 0.5) is 17.1 Å². The summed E-state index contributed by atoms with van der Waals surface area (Å²) in [5.74, 6) is 0. The Hall–Kier alpha value is -8.98.